The summed E-state index contributed by atoms with van der Waals surface area (Å²) in [5.74, 6) is -0.0551. The number of hydrogen-bond donors (Lipinski definition) is 0. The number of halogens is 1. The lowest BCUT2D eigenvalue weighted by molar-refractivity contribution is -0.956. The Morgan fingerprint density at radius 2 is 1.39 bits per heavy atom. The first-order valence-electron chi connectivity index (χ1n) is 14.1. The van der Waals surface area contributed by atoms with Gasteiger partial charge in [-0.1, -0.05) is 78.7 Å². The maximum atomic E-state index is 14.3. The van der Waals surface area contributed by atoms with E-state index in [1.807, 2.05) is 60.7 Å². The molecule has 0 aromatic heterocycles. The minimum absolute atomic E-state index is 0.0581. The Kier molecular flexibility index (Phi) is 8.41. The van der Waals surface area contributed by atoms with E-state index in [-0.39, 0.29) is 18.0 Å². The number of ether oxygens (including phenoxy) is 2. The molecule has 3 aliphatic heterocycles. The van der Waals surface area contributed by atoms with E-state index in [0.29, 0.717) is 12.1 Å². The van der Waals surface area contributed by atoms with Gasteiger partial charge in [0.1, 0.15) is 11.7 Å². The summed E-state index contributed by atoms with van der Waals surface area (Å²) in [5.41, 5.74) is -0.357. The maximum Gasteiger partial charge on any atom is 0.348 e. The van der Waals surface area contributed by atoms with E-state index in [1.165, 1.54) is 43.3 Å². The van der Waals surface area contributed by atoms with Gasteiger partial charge in [0.2, 0.25) is 5.60 Å². The second-order valence-electron chi connectivity index (χ2n) is 11.3. The van der Waals surface area contributed by atoms with E-state index in [9.17, 15) is 4.79 Å². The summed E-state index contributed by atoms with van der Waals surface area (Å²) in [7, 11) is 0. The van der Waals surface area contributed by atoms with Gasteiger partial charge in [-0.3, -0.25) is 0 Å². The van der Waals surface area contributed by atoms with Gasteiger partial charge < -0.3 is 23.9 Å². The summed E-state index contributed by atoms with van der Waals surface area (Å²) in [6.07, 6.45) is 10.3. The third kappa shape index (κ3) is 4.99. The maximum absolute atomic E-state index is 14.3. The number of rotatable bonds is 7. The van der Waals surface area contributed by atoms with Crippen LogP contribution in [0.25, 0.3) is 0 Å². The van der Waals surface area contributed by atoms with E-state index in [1.54, 1.807) is 0 Å². The molecular weight excluding hydrogens is 502 g/mol. The molecule has 4 aliphatic rings. The van der Waals surface area contributed by atoms with Crippen molar-refractivity contribution in [2.45, 2.75) is 87.1 Å². The van der Waals surface area contributed by atoms with Crippen LogP contribution in [0.1, 0.15) is 68.9 Å². The van der Waals surface area contributed by atoms with Gasteiger partial charge in [-0.15, -0.1) is 0 Å². The number of benzene rings is 2. The van der Waals surface area contributed by atoms with Crippen molar-refractivity contribution < 1.29 is 28.7 Å². The van der Waals surface area contributed by atoms with Crippen molar-refractivity contribution >= 4 is 24.0 Å². The Morgan fingerprint density at radius 3 is 1.84 bits per heavy atom. The van der Waals surface area contributed by atoms with Crippen LogP contribution < -0.4 is 5.11 Å². The molecular formula is C31H38ClNO5. The summed E-state index contributed by atoms with van der Waals surface area (Å²) in [6.45, 7) is 2.12. The highest BCUT2D eigenvalue weighted by Gasteiger charge is 2.57. The van der Waals surface area contributed by atoms with Crippen molar-refractivity contribution in [3.63, 3.8) is 0 Å². The second-order valence-corrected chi connectivity index (χ2v) is 11.7. The first-order chi connectivity index (χ1) is 18.5. The molecule has 1 spiro atoms. The Hall–Kier alpha value is -2.41. The van der Waals surface area contributed by atoms with Crippen LogP contribution in [0.4, 0.5) is 0 Å². The van der Waals surface area contributed by atoms with E-state index < -0.39 is 17.6 Å². The lowest BCUT2D eigenvalue weighted by Gasteiger charge is -2.47. The van der Waals surface area contributed by atoms with Crippen LogP contribution in [-0.2, 0) is 24.7 Å². The van der Waals surface area contributed by atoms with Gasteiger partial charge in [0.15, 0.2) is 0 Å². The quantitative estimate of drug-likeness (QED) is 0.224. The van der Waals surface area contributed by atoms with Crippen molar-refractivity contribution in [1.82, 2.24) is 0 Å². The molecule has 6 rings (SSSR count). The molecule has 7 heteroatoms. The van der Waals surface area contributed by atoms with Gasteiger partial charge in [-0.2, -0.15) is 0 Å². The van der Waals surface area contributed by atoms with Crippen molar-refractivity contribution in [3.05, 3.63) is 71.8 Å². The summed E-state index contributed by atoms with van der Waals surface area (Å²) >= 11 is 6.86. The molecule has 0 N–H and O–H groups in total. The van der Waals surface area contributed by atoms with Crippen LogP contribution in [0.15, 0.2) is 60.7 Å². The lowest BCUT2D eigenvalue weighted by Crippen LogP contribution is -2.60. The van der Waals surface area contributed by atoms with Crippen molar-refractivity contribution in [3.8, 4) is 0 Å². The first-order valence-corrected chi connectivity index (χ1v) is 14.5. The average Bonchev–Trinajstić information content (AvgIpc) is 3.44. The predicted molar refractivity (Wildman–Crippen MR) is 143 cm³/mol. The minimum atomic E-state index is -1.37. The zero-order valence-corrected chi connectivity index (χ0v) is 22.6. The average molecular weight is 540 g/mol. The van der Waals surface area contributed by atoms with Gasteiger partial charge in [-0.05, 0) is 29.9 Å². The molecule has 2 aromatic rings. The Bertz CT molecular complexity index is 1010. The zero-order chi connectivity index (χ0) is 26.6. The van der Waals surface area contributed by atoms with E-state index >= 15 is 0 Å². The minimum Gasteiger partial charge on any atom is -0.554 e. The number of carboxylic acid groups (broad SMARTS) is 1. The molecule has 2 bridgehead atoms. The molecule has 38 heavy (non-hydrogen) atoms. The summed E-state index contributed by atoms with van der Waals surface area (Å²) in [4.78, 5) is 22.6. The SMILES string of the molecule is O=C(OC1CC2CCC(C1)[N+]21CCCC1)C(OC(Cl)C1CCC1)(c1ccccc1)c1ccccc1.O=C[O-]. The van der Waals surface area contributed by atoms with Crippen molar-refractivity contribution in [1.29, 1.82) is 0 Å². The topological polar surface area (TPSA) is 75.7 Å². The fraction of sp³-hybridized carbons (Fsp3) is 0.548. The van der Waals surface area contributed by atoms with Crippen LogP contribution in [0, 0.1) is 5.92 Å². The second kappa shape index (κ2) is 11.8. The van der Waals surface area contributed by atoms with Crippen LogP contribution >= 0.6 is 11.6 Å². The molecule has 4 fully saturated rings. The molecule has 3 saturated heterocycles. The monoisotopic (exact) mass is 539 g/mol. The molecule has 204 valence electrons. The lowest BCUT2D eigenvalue weighted by atomic mass is 9.83. The largest absolute Gasteiger partial charge is 0.554 e. The Labute approximate surface area is 230 Å². The van der Waals surface area contributed by atoms with Gasteiger partial charge in [0.05, 0.1) is 25.2 Å². The number of alkyl halides is 1. The first kappa shape index (κ1) is 27.2. The summed E-state index contributed by atoms with van der Waals surface area (Å²) in [6, 6.07) is 20.9. The summed E-state index contributed by atoms with van der Waals surface area (Å²) < 4.78 is 14.4. The molecule has 1 saturated carbocycles. The highest BCUT2D eigenvalue weighted by Crippen LogP contribution is 2.48. The highest BCUT2D eigenvalue weighted by molar-refractivity contribution is 6.20. The van der Waals surface area contributed by atoms with E-state index in [0.717, 1.165) is 43.2 Å². The van der Waals surface area contributed by atoms with Gasteiger partial charge in [-0.25, -0.2) is 4.79 Å². The molecule has 3 unspecified atom stereocenters. The van der Waals surface area contributed by atoms with Gasteiger partial charge in [0.25, 0.3) is 0 Å². The van der Waals surface area contributed by atoms with Crippen LogP contribution in [0.2, 0.25) is 0 Å². The molecule has 3 heterocycles. The van der Waals surface area contributed by atoms with E-state index in [4.69, 9.17) is 31.0 Å². The van der Waals surface area contributed by atoms with Crippen molar-refractivity contribution in [2.75, 3.05) is 13.1 Å². The molecule has 1 aliphatic carbocycles. The highest BCUT2D eigenvalue weighted by atomic mass is 35.5. The fourth-order valence-electron chi connectivity index (χ4n) is 7.44. The van der Waals surface area contributed by atoms with E-state index in [2.05, 4.69) is 0 Å². The number of quaternary nitrogens is 1. The Morgan fingerprint density at radius 1 is 0.895 bits per heavy atom. The number of hydrogen-bond acceptors (Lipinski definition) is 5. The normalized spacial score (nSPS) is 26.6. The standard InChI is InChI=1S/C30H37ClNO3.CH2O2/c31-28(22-10-9-11-22)35-30(23-12-3-1-4-13-23,24-14-5-2-6-15-24)29(33)34-27-20-25-16-17-26(21-27)32(25)18-7-8-19-32;2-1-3/h1-6,12-15,22,25-28H,7-11,16-21H2;1H,(H,2,3)/q+1;/p-1. The van der Waals surface area contributed by atoms with Crippen LogP contribution in [0.3, 0.4) is 0 Å². The number of esters is 1. The van der Waals surface area contributed by atoms with Crippen LogP contribution in [0.5, 0.6) is 0 Å². The third-order valence-corrected chi connectivity index (χ3v) is 9.93. The third-order valence-electron chi connectivity index (χ3n) is 9.49. The molecule has 0 amide bonds. The molecule has 3 atom stereocenters. The number of nitrogens with zero attached hydrogens (tertiary/aromatic N) is 1. The van der Waals surface area contributed by atoms with Crippen molar-refractivity contribution in [2.24, 2.45) is 5.92 Å². The summed E-state index contributed by atoms with van der Waals surface area (Å²) in [5, 5.41) is 8.25. The van der Waals surface area contributed by atoms with Crippen LogP contribution in [-0.4, -0.2) is 53.8 Å². The van der Waals surface area contributed by atoms with Gasteiger partial charge in [0, 0.05) is 45.0 Å². The van der Waals surface area contributed by atoms with Gasteiger partial charge >= 0.3 is 5.97 Å². The number of carbonyl (C=O) groups is 2. The zero-order valence-electron chi connectivity index (χ0n) is 21.9. The molecule has 6 nitrogen and oxygen atoms in total. The molecule has 0 radical (unpaired) electrons. The molecule has 2 aromatic carbocycles. The number of carbonyl (C=O) groups excluding carboxylic acids is 2. The smallest absolute Gasteiger partial charge is 0.348 e. The fourth-order valence-corrected chi connectivity index (χ4v) is 7.83. The Balaban J connectivity index is 0.000000937. The predicted octanol–water partition coefficient (Wildman–Crippen LogP) is 4.53. The number of piperidine rings is 1.